The summed E-state index contributed by atoms with van der Waals surface area (Å²) in [5, 5.41) is 8.33. The molecule has 0 unspecified atom stereocenters. The molecule has 2 aliphatic rings. The van der Waals surface area contributed by atoms with E-state index in [-0.39, 0.29) is 11.9 Å². The summed E-state index contributed by atoms with van der Waals surface area (Å²) in [5.74, 6) is 0.318. The average Bonchev–Trinajstić information content (AvgIpc) is 3.27. The highest BCUT2D eigenvalue weighted by Crippen LogP contribution is 2.41. The fraction of sp³-hybridized carbons (Fsp3) is 0.474. The highest BCUT2D eigenvalue weighted by Gasteiger charge is 2.40. The molecule has 1 aromatic heterocycles. The molecule has 4 rings (SSSR count). The Hall–Kier alpha value is -1.85. The van der Waals surface area contributed by atoms with Gasteiger partial charge in [-0.25, -0.2) is 0 Å². The number of hydrogen-bond acceptors (Lipinski definition) is 3. The predicted octanol–water partition coefficient (Wildman–Crippen LogP) is 3.48. The van der Waals surface area contributed by atoms with E-state index < -0.39 is 0 Å². The van der Waals surface area contributed by atoms with Gasteiger partial charge in [0.25, 0.3) is 5.91 Å². The molecule has 1 N–H and O–H groups in total. The van der Waals surface area contributed by atoms with Gasteiger partial charge in [-0.1, -0.05) is 23.7 Å². The van der Waals surface area contributed by atoms with Crippen molar-refractivity contribution in [1.29, 1.82) is 0 Å². The second-order valence-corrected chi connectivity index (χ2v) is 7.35. The molecule has 25 heavy (non-hydrogen) atoms. The van der Waals surface area contributed by atoms with Gasteiger partial charge in [0.2, 0.25) is 0 Å². The van der Waals surface area contributed by atoms with Crippen LogP contribution in [-0.4, -0.2) is 34.9 Å². The van der Waals surface area contributed by atoms with E-state index in [0.717, 1.165) is 43.2 Å². The molecule has 2 aromatic rings. The standard InChI is InChI=1S/C19H22ClN3O2/c1-12-17(11-21-23(12)15-5-7-25-8-6-15)19(24)22-18-10-16(18)13-3-2-4-14(20)9-13/h2-4,9,11,15-16,18H,5-8,10H2,1H3,(H,22,24)/t16-,18+/m0/s1. The molecule has 2 fully saturated rings. The molecule has 1 saturated carbocycles. The maximum Gasteiger partial charge on any atom is 0.254 e. The topological polar surface area (TPSA) is 56.2 Å². The van der Waals surface area contributed by atoms with Crippen molar-refractivity contribution in [3.05, 3.63) is 52.3 Å². The third kappa shape index (κ3) is 3.44. The van der Waals surface area contributed by atoms with Crippen molar-refractivity contribution in [3.8, 4) is 0 Å². The van der Waals surface area contributed by atoms with E-state index in [9.17, 15) is 4.79 Å². The Morgan fingerprint density at radius 2 is 2.16 bits per heavy atom. The number of halogens is 1. The van der Waals surface area contributed by atoms with E-state index in [1.165, 1.54) is 5.56 Å². The van der Waals surface area contributed by atoms with Gasteiger partial charge in [-0.05, 0) is 43.9 Å². The first-order valence-electron chi connectivity index (χ1n) is 8.81. The van der Waals surface area contributed by atoms with Crippen LogP contribution < -0.4 is 5.32 Å². The molecule has 0 spiro atoms. The Kier molecular flexibility index (Phi) is 4.52. The number of rotatable bonds is 4. The van der Waals surface area contributed by atoms with Crippen molar-refractivity contribution >= 4 is 17.5 Å². The van der Waals surface area contributed by atoms with Crippen LogP contribution in [0, 0.1) is 6.92 Å². The quantitative estimate of drug-likeness (QED) is 0.909. The molecule has 1 saturated heterocycles. The molecule has 0 bridgehead atoms. The molecule has 1 aliphatic heterocycles. The molecule has 5 nitrogen and oxygen atoms in total. The Bertz CT molecular complexity index is 783. The zero-order chi connectivity index (χ0) is 17.4. The predicted molar refractivity (Wildman–Crippen MR) is 96.1 cm³/mol. The van der Waals surface area contributed by atoms with Gasteiger partial charge in [0.05, 0.1) is 17.8 Å². The summed E-state index contributed by atoms with van der Waals surface area (Å²) in [7, 11) is 0. The number of nitrogens with one attached hydrogen (secondary N) is 1. The Balaban J connectivity index is 1.41. The van der Waals surface area contributed by atoms with E-state index in [0.29, 0.717) is 17.5 Å². The van der Waals surface area contributed by atoms with Crippen LogP contribution in [0.5, 0.6) is 0 Å². The zero-order valence-electron chi connectivity index (χ0n) is 14.2. The van der Waals surface area contributed by atoms with Gasteiger partial charge in [-0.15, -0.1) is 0 Å². The number of benzene rings is 1. The average molecular weight is 360 g/mol. The minimum atomic E-state index is -0.0367. The minimum absolute atomic E-state index is 0.0367. The fourth-order valence-electron chi connectivity index (χ4n) is 3.65. The van der Waals surface area contributed by atoms with Crippen LogP contribution in [-0.2, 0) is 4.74 Å². The summed E-state index contributed by atoms with van der Waals surface area (Å²) >= 11 is 6.06. The van der Waals surface area contributed by atoms with Crippen molar-refractivity contribution in [3.63, 3.8) is 0 Å². The second-order valence-electron chi connectivity index (χ2n) is 6.91. The molecule has 2 atom stereocenters. The maximum absolute atomic E-state index is 12.6. The number of aromatic nitrogens is 2. The Morgan fingerprint density at radius 3 is 2.92 bits per heavy atom. The summed E-state index contributed by atoms with van der Waals surface area (Å²) < 4.78 is 7.39. The van der Waals surface area contributed by atoms with Crippen LogP contribution in [0.2, 0.25) is 5.02 Å². The largest absolute Gasteiger partial charge is 0.381 e. The number of hydrogen-bond donors (Lipinski definition) is 1. The van der Waals surface area contributed by atoms with E-state index in [4.69, 9.17) is 16.3 Å². The highest BCUT2D eigenvalue weighted by molar-refractivity contribution is 6.30. The van der Waals surface area contributed by atoms with E-state index in [1.807, 2.05) is 29.8 Å². The molecule has 1 aromatic carbocycles. The number of nitrogens with zero attached hydrogens (tertiary/aromatic N) is 2. The highest BCUT2D eigenvalue weighted by atomic mass is 35.5. The van der Waals surface area contributed by atoms with Crippen LogP contribution in [0.15, 0.2) is 30.5 Å². The zero-order valence-corrected chi connectivity index (χ0v) is 15.0. The third-order valence-corrected chi connectivity index (χ3v) is 5.44. The summed E-state index contributed by atoms with van der Waals surface area (Å²) in [5.41, 5.74) is 2.79. The van der Waals surface area contributed by atoms with Gasteiger partial charge >= 0.3 is 0 Å². The van der Waals surface area contributed by atoms with Crippen molar-refractivity contribution < 1.29 is 9.53 Å². The summed E-state index contributed by atoms with van der Waals surface area (Å²) in [6, 6.07) is 8.38. The molecular weight excluding hydrogens is 338 g/mol. The molecule has 1 amide bonds. The van der Waals surface area contributed by atoms with Gasteiger partial charge in [0.1, 0.15) is 0 Å². The van der Waals surface area contributed by atoms with E-state index in [1.54, 1.807) is 6.20 Å². The summed E-state index contributed by atoms with van der Waals surface area (Å²) in [6.45, 7) is 3.49. The van der Waals surface area contributed by atoms with Gasteiger partial charge in [0, 0.05) is 35.9 Å². The van der Waals surface area contributed by atoms with Gasteiger partial charge in [0.15, 0.2) is 0 Å². The van der Waals surface area contributed by atoms with Crippen LogP contribution >= 0.6 is 11.6 Å². The molecule has 0 radical (unpaired) electrons. The van der Waals surface area contributed by atoms with Crippen molar-refractivity contribution in [2.24, 2.45) is 0 Å². The normalized spacial score (nSPS) is 23.4. The van der Waals surface area contributed by atoms with E-state index in [2.05, 4.69) is 16.5 Å². The maximum atomic E-state index is 12.6. The second kappa shape index (κ2) is 6.81. The lowest BCUT2D eigenvalue weighted by molar-refractivity contribution is 0.0656. The first-order valence-corrected chi connectivity index (χ1v) is 9.19. The van der Waals surface area contributed by atoms with E-state index >= 15 is 0 Å². The Morgan fingerprint density at radius 1 is 1.36 bits per heavy atom. The van der Waals surface area contributed by atoms with Crippen LogP contribution in [0.1, 0.15) is 52.8 Å². The smallest absolute Gasteiger partial charge is 0.254 e. The van der Waals surface area contributed by atoms with Crippen molar-refractivity contribution in [2.75, 3.05) is 13.2 Å². The number of amides is 1. The molecule has 1 aliphatic carbocycles. The number of carbonyl (C=O) groups is 1. The number of ether oxygens (including phenoxy) is 1. The van der Waals surface area contributed by atoms with Crippen molar-refractivity contribution in [2.45, 2.75) is 44.2 Å². The molecule has 6 heteroatoms. The monoisotopic (exact) mass is 359 g/mol. The third-order valence-electron chi connectivity index (χ3n) is 5.21. The number of carbonyl (C=O) groups excluding carboxylic acids is 1. The summed E-state index contributed by atoms with van der Waals surface area (Å²) in [6.07, 6.45) is 4.54. The minimum Gasteiger partial charge on any atom is -0.381 e. The van der Waals surface area contributed by atoms with Gasteiger partial charge < -0.3 is 10.1 Å². The molecule has 132 valence electrons. The first-order chi connectivity index (χ1) is 12.1. The van der Waals surface area contributed by atoms with Gasteiger partial charge in [-0.3, -0.25) is 9.48 Å². The molecular formula is C19H22ClN3O2. The fourth-order valence-corrected chi connectivity index (χ4v) is 3.85. The lowest BCUT2D eigenvalue weighted by Gasteiger charge is -2.23. The van der Waals surface area contributed by atoms with Crippen LogP contribution in [0.25, 0.3) is 0 Å². The van der Waals surface area contributed by atoms with Crippen LogP contribution in [0.4, 0.5) is 0 Å². The van der Waals surface area contributed by atoms with Crippen molar-refractivity contribution in [1.82, 2.24) is 15.1 Å². The van der Waals surface area contributed by atoms with Gasteiger partial charge in [-0.2, -0.15) is 5.10 Å². The van der Waals surface area contributed by atoms with Crippen LogP contribution in [0.3, 0.4) is 0 Å². The molecule has 2 heterocycles. The Labute approximate surface area is 152 Å². The summed E-state index contributed by atoms with van der Waals surface area (Å²) in [4.78, 5) is 12.6. The first kappa shape index (κ1) is 16.6. The SMILES string of the molecule is Cc1c(C(=O)N[C@@H]2C[C@H]2c2cccc(Cl)c2)cnn1C1CCOCC1. The lowest BCUT2D eigenvalue weighted by Crippen LogP contribution is -2.27. The lowest BCUT2D eigenvalue weighted by atomic mass is 10.1.